The molecule has 0 saturated heterocycles. The summed E-state index contributed by atoms with van der Waals surface area (Å²) < 4.78 is 1.94. The van der Waals surface area contributed by atoms with Gasteiger partial charge in [-0.1, -0.05) is 23.7 Å². The zero-order valence-electron chi connectivity index (χ0n) is 10.2. The van der Waals surface area contributed by atoms with E-state index < -0.39 is 0 Å². The molecule has 1 unspecified atom stereocenters. The lowest BCUT2D eigenvalue weighted by Crippen LogP contribution is -2.10. The molecule has 0 aliphatic heterocycles. The van der Waals surface area contributed by atoms with Crippen LogP contribution >= 0.6 is 11.6 Å². The molecule has 1 aromatic carbocycles. The van der Waals surface area contributed by atoms with Crippen LogP contribution in [0.2, 0.25) is 5.02 Å². The van der Waals surface area contributed by atoms with E-state index in [1.807, 2.05) is 42.8 Å². The molecule has 2 rings (SSSR count). The lowest BCUT2D eigenvalue weighted by Gasteiger charge is -2.15. The molecule has 1 heterocycles. The topological polar surface area (TPSA) is 43.8 Å². The van der Waals surface area contributed by atoms with Crippen LogP contribution in [0, 0.1) is 13.8 Å². The van der Waals surface area contributed by atoms with Crippen LogP contribution in [0.3, 0.4) is 0 Å². The van der Waals surface area contributed by atoms with E-state index in [0.29, 0.717) is 0 Å². The van der Waals surface area contributed by atoms with Crippen molar-refractivity contribution in [3.63, 3.8) is 0 Å². The van der Waals surface area contributed by atoms with Crippen LogP contribution in [0.5, 0.6) is 0 Å². The third kappa shape index (κ3) is 2.15. The maximum absolute atomic E-state index is 6.15. The first-order chi connectivity index (χ1) is 8.00. The summed E-state index contributed by atoms with van der Waals surface area (Å²) in [4.78, 5) is 0. The molecule has 17 heavy (non-hydrogen) atoms. The second-order valence-electron chi connectivity index (χ2n) is 4.28. The van der Waals surface area contributed by atoms with Gasteiger partial charge in [-0.25, -0.2) is 0 Å². The van der Waals surface area contributed by atoms with E-state index in [-0.39, 0.29) is 6.04 Å². The third-order valence-electron chi connectivity index (χ3n) is 3.00. The second kappa shape index (κ2) is 4.41. The zero-order chi connectivity index (χ0) is 12.6. The number of rotatable bonds is 2. The van der Waals surface area contributed by atoms with Crippen LogP contribution < -0.4 is 5.73 Å². The molecule has 1 atom stereocenters. The molecular weight excluding hydrogens is 234 g/mol. The minimum Gasteiger partial charge on any atom is -0.399 e. The van der Waals surface area contributed by atoms with Crippen LogP contribution in [-0.2, 0) is 0 Å². The van der Waals surface area contributed by atoms with Gasteiger partial charge in [-0.3, -0.25) is 4.68 Å². The molecule has 4 heteroatoms. The van der Waals surface area contributed by atoms with Gasteiger partial charge in [0, 0.05) is 5.69 Å². The predicted octanol–water partition coefficient (Wildman–Crippen LogP) is 3.34. The summed E-state index contributed by atoms with van der Waals surface area (Å²) in [7, 11) is 0. The molecule has 0 amide bonds. The monoisotopic (exact) mass is 249 g/mol. The Balaban J connectivity index is 2.43. The predicted molar refractivity (Wildman–Crippen MR) is 71.4 cm³/mol. The normalized spacial score (nSPS) is 12.7. The standard InChI is InChI=1S/C13H16ClN3/c1-8-13(14)10(3)17(16-8)9(2)11-5-4-6-12(15)7-11/h4-7,9H,15H2,1-3H3. The SMILES string of the molecule is Cc1nn(C(C)c2cccc(N)c2)c(C)c1Cl. The molecule has 0 aliphatic carbocycles. The van der Waals surface area contributed by atoms with Crippen molar-refractivity contribution in [3.05, 3.63) is 46.2 Å². The molecule has 0 radical (unpaired) electrons. The van der Waals surface area contributed by atoms with Crippen molar-refractivity contribution in [2.75, 3.05) is 5.73 Å². The Morgan fingerprint density at radius 2 is 2.06 bits per heavy atom. The lowest BCUT2D eigenvalue weighted by molar-refractivity contribution is 0.546. The number of benzene rings is 1. The second-order valence-corrected chi connectivity index (χ2v) is 4.65. The van der Waals surface area contributed by atoms with E-state index in [9.17, 15) is 0 Å². The average Bonchev–Trinajstić information content (AvgIpc) is 2.56. The van der Waals surface area contributed by atoms with E-state index >= 15 is 0 Å². The van der Waals surface area contributed by atoms with Crippen molar-refractivity contribution in [2.45, 2.75) is 26.8 Å². The van der Waals surface area contributed by atoms with Gasteiger partial charge in [-0.15, -0.1) is 0 Å². The van der Waals surface area contributed by atoms with E-state index in [1.165, 1.54) is 0 Å². The van der Waals surface area contributed by atoms with Crippen molar-refractivity contribution >= 4 is 17.3 Å². The van der Waals surface area contributed by atoms with E-state index in [4.69, 9.17) is 17.3 Å². The number of halogens is 1. The van der Waals surface area contributed by atoms with Gasteiger partial charge in [0.25, 0.3) is 0 Å². The summed E-state index contributed by atoms with van der Waals surface area (Å²) in [6.07, 6.45) is 0. The first kappa shape index (κ1) is 12.0. The molecule has 2 aromatic rings. The molecule has 1 aromatic heterocycles. The van der Waals surface area contributed by atoms with Crippen molar-refractivity contribution in [2.24, 2.45) is 0 Å². The summed E-state index contributed by atoms with van der Waals surface area (Å²) in [5, 5.41) is 5.20. The number of anilines is 1. The molecule has 0 aliphatic rings. The van der Waals surface area contributed by atoms with Gasteiger partial charge in [0.05, 0.1) is 22.5 Å². The van der Waals surface area contributed by atoms with Crippen molar-refractivity contribution in [1.82, 2.24) is 9.78 Å². The van der Waals surface area contributed by atoms with E-state index in [1.54, 1.807) is 0 Å². The maximum atomic E-state index is 6.15. The quantitative estimate of drug-likeness (QED) is 0.830. The lowest BCUT2D eigenvalue weighted by atomic mass is 10.1. The molecule has 0 spiro atoms. The Bertz CT molecular complexity index is 546. The van der Waals surface area contributed by atoms with Gasteiger partial charge in [0.1, 0.15) is 0 Å². The van der Waals surface area contributed by atoms with Gasteiger partial charge in [-0.2, -0.15) is 5.10 Å². The van der Waals surface area contributed by atoms with Crippen molar-refractivity contribution in [1.29, 1.82) is 0 Å². The first-order valence-corrected chi connectivity index (χ1v) is 5.95. The highest BCUT2D eigenvalue weighted by Gasteiger charge is 2.15. The van der Waals surface area contributed by atoms with Gasteiger partial charge in [-0.05, 0) is 38.5 Å². The van der Waals surface area contributed by atoms with Gasteiger partial charge >= 0.3 is 0 Å². The van der Waals surface area contributed by atoms with Gasteiger partial charge < -0.3 is 5.73 Å². The fourth-order valence-electron chi connectivity index (χ4n) is 1.98. The van der Waals surface area contributed by atoms with Gasteiger partial charge in [0.15, 0.2) is 0 Å². The fourth-order valence-corrected chi connectivity index (χ4v) is 2.10. The Morgan fingerprint density at radius 3 is 2.59 bits per heavy atom. The van der Waals surface area contributed by atoms with Crippen molar-refractivity contribution in [3.8, 4) is 0 Å². The minimum absolute atomic E-state index is 0.129. The average molecular weight is 250 g/mol. The summed E-state index contributed by atoms with van der Waals surface area (Å²) in [5.41, 5.74) is 9.54. The molecule has 90 valence electrons. The Kier molecular flexibility index (Phi) is 3.11. The number of aromatic nitrogens is 2. The molecule has 3 nitrogen and oxygen atoms in total. The molecule has 0 saturated carbocycles. The van der Waals surface area contributed by atoms with Crippen LogP contribution in [0.4, 0.5) is 5.69 Å². The van der Waals surface area contributed by atoms with E-state index in [2.05, 4.69) is 12.0 Å². The van der Waals surface area contributed by atoms with E-state index in [0.717, 1.165) is 27.7 Å². The van der Waals surface area contributed by atoms with Crippen molar-refractivity contribution < 1.29 is 0 Å². The number of hydrogen-bond acceptors (Lipinski definition) is 2. The first-order valence-electron chi connectivity index (χ1n) is 5.57. The van der Waals surface area contributed by atoms with Crippen LogP contribution in [0.15, 0.2) is 24.3 Å². The highest BCUT2D eigenvalue weighted by Crippen LogP contribution is 2.26. The van der Waals surface area contributed by atoms with Gasteiger partial charge in [0.2, 0.25) is 0 Å². The summed E-state index contributed by atoms with van der Waals surface area (Å²) in [6, 6.07) is 7.98. The number of nitrogens with zero attached hydrogens (tertiary/aromatic N) is 2. The van der Waals surface area contributed by atoms with Crippen LogP contribution in [0.25, 0.3) is 0 Å². The number of nitrogens with two attached hydrogens (primary N) is 1. The fraction of sp³-hybridized carbons (Fsp3) is 0.308. The third-order valence-corrected chi connectivity index (χ3v) is 3.54. The smallest absolute Gasteiger partial charge is 0.0844 e. The Labute approximate surface area is 106 Å². The summed E-state index contributed by atoms with van der Waals surface area (Å²) in [6.45, 7) is 5.98. The molecule has 2 N–H and O–H groups in total. The number of nitrogen functional groups attached to an aromatic ring is 1. The zero-order valence-corrected chi connectivity index (χ0v) is 11.0. The summed E-state index contributed by atoms with van der Waals surface area (Å²) in [5.74, 6) is 0. The van der Waals surface area contributed by atoms with Crippen LogP contribution in [-0.4, -0.2) is 9.78 Å². The Morgan fingerprint density at radius 1 is 1.35 bits per heavy atom. The number of aryl methyl sites for hydroxylation is 1. The maximum Gasteiger partial charge on any atom is 0.0844 e. The van der Waals surface area contributed by atoms with Crippen LogP contribution in [0.1, 0.15) is 29.9 Å². The number of hydrogen-bond donors (Lipinski definition) is 1. The minimum atomic E-state index is 0.129. The highest BCUT2D eigenvalue weighted by molar-refractivity contribution is 6.31. The summed E-state index contributed by atoms with van der Waals surface area (Å²) >= 11 is 6.15. The largest absolute Gasteiger partial charge is 0.399 e. The molecule has 0 bridgehead atoms. The molecular formula is C13H16ClN3. The highest BCUT2D eigenvalue weighted by atomic mass is 35.5. The molecule has 0 fully saturated rings. The Hall–Kier alpha value is -1.48.